The van der Waals surface area contributed by atoms with Crippen molar-refractivity contribution in [3.63, 3.8) is 0 Å². The molecule has 2 saturated carbocycles. The Morgan fingerprint density at radius 3 is 2.39 bits per heavy atom. The Balaban J connectivity index is 1.22. The van der Waals surface area contributed by atoms with Gasteiger partial charge >= 0.3 is 0 Å². The van der Waals surface area contributed by atoms with Crippen LogP contribution >= 0.6 is 0 Å². The third kappa shape index (κ3) is 3.63. The minimum Gasteiger partial charge on any atom is -0.303 e. The van der Waals surface area contributed by atoms with Crippen LogP contribution in [-0.2, 0) is 0 Å². The molecular weight excluding hydrogens is 280 g/mol. The molecule has 0 aromatic rings. The van der Waals surface area contributed by atoms with Crippen LogP contribution in [0.4, 0.5) is 0 Å². The van der Waals surface area contributed by atoms with Gasteiger partial charge in [-0.3, -0.25) is 0 Å². The van der Waals surface area contributed by atoms with Crippen molar-refractivity contribution in [3.05, 3.63) is 0 Å². The van der Waals surface area contributed by atoms with Gasteiger partial charge in [-0.05, 0) is 86.6 Å². The maximum Gasteiger partial charge on any atom is 0.00409 e. The molecular formula is C21H38N2. The Morgan fingerprint density at radius 2 is 1.70 bits per heavy atom. The van der Waals surface area contributed by atoms with Crippen LogP contribution in [-0.4, -0.2) is 49.1 Å². The molecule has 2 nitrogen and oxygen atoms in total. The van der Waals surface area contributed by atoms with E-state index in [1.165, 1.54) is 84.2 Å². The number of hydrogen-bond acceptors (Lipinski definition) is 2. The van der Waals surface area contributed by atoms with Crippen LogP contribution in [0.3, 0.4) is 0 Å². The predicted octanol–water partition coefficient (Wildman–Crippen LogP) is 4.26. The molecule has 0 bridgehead atoms. The monoisotopic (exact) mass is 318 g/mol. The van der Waals surface area contributed by atoms with Gasteiger partial charge in [-0.25, -0.2) is 0 Å². The minimum atomic E-state index is 0.740. The standard InChI is InChI=1S/C21H38N2/c1-17(2)13-22-9-4-5-21(16-22)12-19(21)11-18(3)14-23-10-8-20(15-23)6-7-20/h17-19H,4-16H2,1-3H3. The first-order valence-electron chi connectivity index (χ1n) is 10.4. The van der Waals surface area contributed by atoms with E-state index in [9.17, 15) is 0 Å². The lowest BCUT2D eigenvalue weighted by atomic mass is 9.89. The molecule has 4 fully saturated rings. The smallest absolute Gasteiger partial charge is 0.00409 e. The lowest BCUT2D eigenvalue weighted by Gasteiger charge is -2.35. The number of likely N-dealkylation sites (tertiary alicyclic amines) is 2. The summed E-state index contributed by atoms with van der Waals surface area (Å²) in [5, 5.41) is 0. The van der Waals surface area contributed by atoms with Gasteiger partial charge in [0.1, 0.15) is 0 Å². The molecule has 2 aliphatic carbocycles. The van der Waals surface area contributed by atoms with Gasteiger partial charge in [0.2, 0.25) is 0 Å². The fourth-order valence-electron chi connectivity index (χ4n) is 5.96. The van der Waals surface area contributed by atoms with E-state index in [0.717, 1.165) is 28.6 Å². The molecule has 0 aromatic carbocycles. The van der Waals surface area contributed by atoms with Crippen molar-refractivity contribution in [1.82, 2.24) is 9.80 Å². The summed E-state index contributed by atoms with van der Waals surface area (Å²) in [6.07, 6.45) is 10.6. The fraction of sp³-hybridized carbons (Fsp3) is 1.00. The van der Waals surface area contributed by atoms with Crippen molar-refractivity contribution in [3.8, 4) is 0 Å². The summed E-state index contributed by atoms with van der Waals surface area (Å²) in [7, 11) is 0. The largest absolute Gasteiger partial charge is 0.303 e. The summed E-state index contributed by atoms with van der Waals surface area (Å²) < 4.78 is 0. The summed E-state index contributed by atoms with van der Waals surface area (Å²) in [4.78, 5) is 5.56. The Kier molecular flexibility index (Phi) is 4.29. The third-order valence-corrected chi connectivity index (χ3v) is 7.40. The molecule has 2 spiro atoms. The van der Waals surface area contributed by atoms with Gasteiger partial charge in [-0.15, -0.1) is 0 Å². The van der Waals surface area contributed by atoms with E-state index >= 15 is 0 Å². The highest BCUT2D eigenvalue weighted by Gasteiger charge is 2.55. The molecule has 0 amide bonds. The van der Waals surface area contributed by atoms with Gasteiger partial charge in [-0.2, -0.15) is 0 Å². The number of rotatable bonds is 6. The highest BCUT2D eigenvalue weighted by molar-refractivity contribution is 5.06. The first-order chi connectivity index (χ1) is 11.0. The Hall–Kier alpha value is -0.0800. The second-order valence-corrected chi connectivity index (χ2v) is 10.3. The number of nitrogens with zero attached hydrogens (tertiary/aromatic N) is 2. The summed E-state index contributed by atoms with van der Waals surface area (Å²) in [6.45, 7) is 15.6. The minimum absolute atomic E-state index is 0.740. The zero-order valence-electron chi connectivity index (χ0n) is 15.8. The molecule has 4 rings (SSSR count). The van der Waals surface area contributed by atoms with Crippen LogP contribution in [0.1, 0.15) is 65.7 Å². The maximum atomic E-state index is 2.79. The molecule has 0 radical (unpaired) electrons. The molecule has 0 N–H and O–H groups in total. The van der Waals surface area contributed by atoms with Crippen molar-refractivity contribution in [2.75, 3.05) is 39.3 Å². The highest BCUT2D eigenvalue weighted by atomic mass is 15.2. The fourth-order valence-corrected chi connectivity index (χ4v) is 5.96. The number of hydrogen-bond donors (Lipinski definition) is 0. The van der Waals surface area contributed by atoms with Crippen molar-refractivity contribution in [2.45, 2.75) is 65.7 Å². The lowest BCUT2D eigenvalue weighted by molar-refractivity contribution is 0.131. The van der Waals surface area contributed by atoms with Gasteiger partial charge < -0.3 is 9.80 Å². The van der Waals surface area contributed by atoms with Crippen LogP contribution in [0, 0.1) is 28.6 Å². The molecule has 4 aliphatic rings. The molecule has 2 heteroatoms. The third-order valence-electron chi connectivity index (χ3n) is 7.40. The van der Waals surface area contributed by atoms with Crippen molar-refractivity contribution in [2.24, 2.45) is 28.6 Å². The Morgan fingerprint density at radius 1 is 0.913 bits per heavy atom. The van der Waals surface area contributed by atoms with E-state index in [0.29, 0.717) is 0 Å². The number of piperidine rings is 1. The van der Waals surface area contributed by atoms with E-state index < -0.39 is 0 Å². The van der Waals surface area contributed by atoms with E-state index in [-0.39, 0.29) is 0 Å². The molecule has 2 saturated heterocycles. The van der Waals surface area contributed by atoms with Gasteiger partial charge in [0, 0.05) is 26.2 Å². The molecule has 132 valence electrons. The first-order valence-corrected chi connectivity index (χ1v) is 10.4. The van der Waals surface area contributed by atoms with E-state index in [4.69, 9.17) is 0 Å². The van der Waals surface area contributed by atoms with Crippen molar-refractivity contribution < 1.29 is 0 Å². The maximum absolute atomic E-state index is 2.79. The van der Waals surface area contributed by atoms with Crippen LogP contribution in [0.15, 0.2) is 0 Å². The Labute approximate surface area is 144 Å². The van der Waals surface area contributed by atoms with Gasteiger partial charge in [0.25, 0.3) is 0 Å². The normalized spacial score (nSPS) is 37.8. The van der Waals surface area contributed by atoms with Crippen LogP contribution in [0.25, 0.3) is 0 Å². The molecule has 23 heavy (non-hydrogen) atoms. The lowest BCUT2D eigenvalue weighted by Crippen LogP contribution is -2.39. The quantitative estimate of drug-likeness (QED) is 0.722. The second kappa shape index (κ2) is 6.02. The SMILES string of the molecule is CC(C)CN1CCCC2(CC2CC(C)CN2CCC3(CC3)C2)C1. The topological polar surface area (TPSA) is 6.48 Å². The first kappa shape index (κ1) is 16.4. The summed E-state index contributed by atoms with van der Waals surface area (Å²) in [6, 6.07) is 0. The highest BCUT2D eigenvalue weighted by Crippen LogP contribution is 2.60. The average Bonchev–Trinajstić information content (AvgIpc) is 3.31. The van der Waals surface area contributed by atoms with Crippen LogP contribution < -0.4 is 0 Å². The summed E-state index contributed by atoms with van der Waals surface area (Å²) in [5.74, 6) is 2.78. The molecule has 3 atom stereocenters. The van der Waals surface area contributed by atoms with Crippen LogP contribution in [0.2, 0.25) is 0 Å². The molecule has 2 heterocycles. The molecule has 3 unspecified atom stereocenters. The molecule has 0 aromatic heterocycles. The van der Waals surface area contributed by atoms with Gasteiger partial charge in [0.05, 0.1) is 0 Å². The zero-order valence-corrected chi connectivity index (χ0v) is 15.8. The van der Waals surface area contributed by atoms with Gasteiger partial charge in [0.15, 0.2) is 0 Å². The second-order valence-electron chi connectivity index (χ2n) is 10.3. The van der Waals surface area contributed by atoms with Crippen LogP contribution in [0.5, 0.6) is 0 Å². The van der Waals surface area contributed by atoms with Crippen molar-refractivity contribution >= 4 is 0 Å². The van der Waals surface area contributed by atoms with E-state index in [1.807, 2.05) is 0 Å². The molecule has 2 aliphatic heterocycles. The predicted molar refractivity (Wildman–Crippen MR) is 97.6 cm³/mol. The zero-order chi connectivity index (χ0) is 16.1. The summed E-state index contributed by atoms with van der Waals surface area (Å²) in [5.41, 5.74) is 1.55. The average molecular weight is 319 g/mol. The van der Waals surface area contributed by atoms with Gasteiger partial charge in [-0.1, -0.05) is 20.8 Å². The van der Waals surface area contributed by atoms with E-state index in [1.54, 1.807) is 0 Å². The summed E-state index contributed by atoms with van der Waals surface area (Å²) >= 11 is 0. The Bertz CT molecular complexity index is 428. The van der Waals surface area contributed by atoms with Crippen molar-refractivity contribution in [1.29, 1.82) is 0 Å². The van der Waals surface area contributed by atoms with E-state index in [2.05, 4.69) is 30.6 Å².